The molecule has 0 amide bonds. The van der Waals surface area contributed by atoms with E-state index in [9.17, 15) is 0 Å². The summed E-state index contributed by atoms with van der Waals surface area (Å²) in [6.45, 7) is 0. The average Bonchev–Trinajstić information content (AvgIpc) is 3.58. The SMILES string of the molecule is c1cc(-c2ccc3c(c2)c2ncccc2c2nc4ccccc4n32)cc(-n2c3ccccc3c3ccccc32)c1. The van der Waals surface area contributed by atoms with E-state index in [1.165, 1.54) is 27.4 Å². The van der Waals surface area contributed by atoms with Crippen LogP contribution in [-0.2, 0) is 0 Å². The second-order valence-corrected chi connectivity index (χ2v) is 10.3. The van der Waals surface area contributed by atoms with Gasteiger partial charge in [-0.05, 0) is 71.8 Å². The number of fused-ring (bicyclic) bond motifs is 11. The highest BCUT2D eigenvalue weighted by atomic mass is 15.0. The Morgan fingerprint density at radius 1 is 0.475 bits per heavy atom. The van der Waals surface area contributed by atoms with Crippen molar-refractivity contribution < 1.29 is 0 Å². The Bertz CT molecular complexity index is 2390. The molecular formula is C36H22N4. The van der Waals surface area contributed by atoms with Gasteiger partial charge in [-0.3, -0.25) is 9.38 Å². The number of pyridine rings is 2. The van der Waals surface area contributed by atoms with Crippen LogP contribution in [0, 0.1) is 0 Å². The molecule has 40 heavy (non-hydrogen) atoms. The van der Waals surface area contributed by atoms with Crippen LogP contribution in [-0.4, -0.2) is 18.9 Å². The second-order valence-electron chi connectivity index (χ2n) is 10.3. The number of para-hydroxylation sites is 4. The highest BCUT2D eigenvalue weighted by Crippen LogP contribution is 2.36. The molecule has 9 rings (SSSR count). The molecule has 186 valence electrons. The van der Waals surface area contributed by atoms with Gasteiger partial charge < -0.3 is 4.57 Å². The summed E-state index contributed by atoms with van der Waals surface area (Å²) < 4.78 is 4.64. The van der Waals surface area contributed by atoms with Crippen LogP contribution in [0.2, 0.25) is 0 Å². The first-order chi connectivity index (χ1) is 19.8. The van der Waals surface area contributed by atoms with Gasteiger partial charge in [-0.1, -0.05) is 66.7 Å². The first-order valence-electron chi connectivity index (χ1n) is 13.5. The van der Waals surface area contributed by atoms with E-state index in [4.69, 9.17) is 9.97 Å². The molecule has 4 nitrogen and oxygen atoms in total. The molecule has 4 aromatic heterocycles. The zero-order valence-corrected chi connectivity index (χ0v) is 21.5. The van der Waals surface area contributed by atoms with Gasteiger partial charge in [0.2, 0.25) is 0 Å². The minimum atomic E-state index is 0.943. The molecule has 0 bridgehead atoms. The first-order valence-corrected chi connectivity index (χ1v) is 13.5. The van der Waals surface area contributed by atoms with E-state index in [2.05, 4.69) is 124 Å². The molecule has 0 unspecified atom stereocenters. The van der Waals surface area contributed by atoms with Crippen LogP contribution < -0.4 is 0 Å². The third-order valence-electron chi connectivity index (χ3n) is 8.12. The molecule has 0 fully saturated rings. The molecule has 0 aliphatic heterocycles. The molecule has 0 N–H and O–H groups in total. The molecule has 0 saturated carbocycles. The fourth-order valence-corrected chi connectivity index (χ4v) is 6.38. The zero-order valence-electron chi connectivity index (χ0n) is 21.5. The van der Waals surface area contributed by atoms with E-state index < -0.39 is 0 Å². The summed E-state index contributed by atoms with van der Waals surface area (Å²) >= 11 is 0. The van der Waals surface area contributed by atoms with Gasteiger partial charge in [0.05, 0.1) is 33.1 Å². The van der Waals surface area contributed by atoms with Crippen LogP contribution in [0.5, 0.6) is 0 Å². The maximum absolute atomic E-state index is 4.98. The summed E-state index contributed by atoms with van der Waals surface area (Å²) in [6.07, 6.45) is 1.87. The Morgan fingerprint density at radius 3 is 2.00 bits per heavy atom. The summed E-state index contributed by atoms with van der Waals surface area (Å²) in [4.78, 5) is 9.82. The molecule has 5 aromatic carbocycles. The largest absolute Gasteiger partial charge is 0.309 e. The minimum absolute atomic E-state index is 0.943. The predicted octanol–water partition coefficient (Wildman–Crippen LogP) is 8.95. The Kier molecular flexibility index (Phi) is 4.30. The van der Waals surface area contributed by atoms with Crippen LogP contribution in [0.4, 0.5) is 0 Å². The van der Waals surface area contributed by atoms with E-state index in [1.807, 2.05) is 18.3 Å². The quantitative estimate of drug-likeness (QED) is 0.218. The fraction of sp³-hybridized carbons (Fsp3) is 0. The van der Waals surface area contributed by atoms with Gasteiger partial charge in [0.15, 0.2) is 0 Å². The Labute approximate surface area is 229 Å². The Morgan fingerprint density at radius 2 is 1.18 bits per heavy atom. The standard InChI is InChI=1S/C36H22N4/c1-4-15-31-26(11-1)27-12-2-5-16-32(27)39(31)25-10-7-9-23(21-25)24-18-19-33-29(22-24)35-28(13-8-20-37-35)36-38-30-14-3-6-17-34(30)40(33)36/h1-22H. The highest BCUT2D eigenvalue weighted by Gasteiger charge is 2.16. The number of hydrogen-bond acceptors (Lipinski definition) is 2. The van der Waals surface area contributed by atoms with Crippen molar-refractivity contribution in [2.24, 2.45) is 0 Å². The van der Waals surface area contributed by atoms with Crippen molar-refractivity contribution in [1.29, 1.82) is 0 Å². The van der Waals surface area contributed by atoms with Crippen molar-refractivity contribution in [2.75, 3.05) is 0 Å². The van der Waals surface area contributed by atoms with E-state index in [-0.39, 0.29) is 0 Å². The molecule has 0 spiro atoms. The van der Waals surface area contributed by atoms with Gasteiger partial charge in [-0.15, -0.1) is 0 Å². The van der Waals surface area contributed by atoms with Gasteiger partial charge in [0, 0.05) is 33.4 Å². The monoisotopic (exact) mass is 510 g/mol. The lowest BCUT2D eigenvalue weighted by atomic mass is 10.0. The Balaban J connectivity index is 1.31. The van der Waals surface area contributed by atoms with Crippen molar-refractivity contribution in [3.8, 4) is 16.8 Å². The average molecular weight is 511 g/mol. The lowest BCUT2D eigenvalue weighted by Gasteiger charge is -2.12. The summed E-state index contributed by atoms with van der Waals surface area (Å²) in [6, 6.07) is 45.3. The van der Waals surface area contributed by atoms with Crippen LogP contribution in [0.3, 0.4) is 0 Å². The third-order valence-corrected chi connectivity index (χ3v) is 8.12. The molecule has 0 aliphatic rings. The van der Waals surface area contributed by atoms with Crippen molar-refractivity contribution in [3.63, 3.8) is 0 Å². The van der Waals surface area contributed by atoms with Crippen LogP contribution in [0.25, 0.3) is 77.1 Å². The van der Waals surface area contributed by atoms with Gasteiger partial charge in [-0.25, -0.2) is 4.98 Å². The minimum Gasteiger partial charge on any atom is -0.309 e. The number of hydrogen-bond donors (Lipinski definition) is 0. The van der Waals surface area contributed by atoms with E-state index >= 15 is 0 Å². The van der Waals surface area contributed by atoms with Gasteiger partial charge >= 0.3 is 0 Å². The van der Waals surface area contributed by atoms with Gasteiger partial charge in [0.1, 0.15) is 5.65 Å². The maximum atomic E-state index is 4.98. The summed E-state index contributed by atoms with van der Waals surface area (Å²) in [5.41, 5.74) is 11.0. The van der Waals surface area contributed by atoms with E-state index in [0.717, 1.165) is 49.7 Å². The third kappa shape index (κ3) is 2.90. The highest BCUT2D eigenvalue weighted by molar-refractivity contribution is 6.13. The lowest BCUT2D eigenvalue weighted by Crippen LogP contribution is -1.95. The molecular weight excluding hydrogens is 488 g/mol. The zero-order chi connectivity index (χ0) is 26.2. The van der Waals surface area contributed by atoms with Crippen molar-refractivity contribution in [2.45, 2.75) is 0 Å². The smallest absolute Gasteiger partial charge is 0.147 e. The first kappa shape index (κ1) is 21.5. The molecule has 0 aliphatic carbocycles. The molecule has 0 saturated heterocycles. The van der Waals surface area contributed by atoms with Crippen molar-refractivity contribution >= 4 is 60.3 Å². The number of nitrogens with zero attached hydrogens (tertiary/aromatic N) is 4. The number of rotatable bonds is 2. The van der Waals surface area contributed by atoms with Crippen LogP contribution in [0.1, 0.15) is 0 Å². The lowest BCUT2D eigenvalue weighted by molar-refractivity contribution is 1.18. The molecule has 0 atom stereocenters. The van der Waals surface area contributed by atoms with Gasteiger partial charge in [0.25, 0.3) is 0 Å². The topological polar surface area (TPSA) is 35.1 Å². The maximum Gasteiger partial charge on any atom is 0.147 e. The Hall–Kier alpha value is -5.48. The molecule has 4 heterocycles. The fourth-order valence-electron chi connectivity index (χ4n) is 6.38. The summed E-state index contributed by atoms with van der Waals surface area (Å²) in [5.74, 6) is 0. The number of benzene rings is 5. The predicted molar refractivity (Wildman–Crippen MR) is 165 cm³/mol. The van der Waals surface area contributed by atoms with Crippen LogP contribution in [0.15, 0.2) is 134 Å². The van der Waals surface area contributed by atoms with Gasteiger partial charge in [-0.2, -0.15) is 0 Å². The van der Waals surface area contributed by atoms with E-state index in [0.29, 0.717) is 0 Å². The number of aromatic nitrogens is 4. The van der Waals surface area contributed by atoms with Crippen molar-refractivity contribution in [3.05, 3.63) is 134 Å². The van der Waals surface area contributed by atoms with Crippen molar-refractivity contribution in [1.82, 2.24) is 18.9 Å². The molecule has 4 heteroatoms. The van der Waals surface area contributed by atoms with E-state index in [1.54, 1.807) is 0 Å². The normalized spacial score (nSPS) is 12.0. The summed E-state index contributed by atoms with van der Waals surface area (Å²) in [7, 11) is 0. The summed E-state index contributed by atoms with van der Waals surface area (Å²) in [5, 5.41) is 4.71. The second kappa shape index (κ2) is 8.01. The molecule has 9 aromatic rings. The van der Waals surface area contributed by atoms with Crippen LogP contribution >= 0.6 is 0 Å². The number of imidazole rings is 1. The molecule has 0 radical (unpaired) electrons.